The van der Waals surface area contributed by atoms with Gasteiger partial charge in [0.2, 0.25) is 5.91 Å². The number of nitrogens with zero attached hydrogens (tertiary/aromatic N) is 3. The van der Waals surface area contributed by atoms with Crippen LogP contribution < -0.4 is 5.32 Å². The van der Waals surface area contributed by atoms with Gasteiger partial charge in [0.15, 0.2) is 5.96 Å². The molecule has 1 aliphatic rings. The van der Waals surface area contributed by atoms with E-state index in [-0.39, 0.29) is 41.2 Å². The second-order valence-electron chi connectivity index (χ2n) is 6.71. The van der Waals surface area contributed by atoms with Gasteiger partial charge in [-0.2, -0.15) is 11.8 Å². The molecule has 0 bridgehead atoms. The Balaban J connectivity index is 0.00000312. The van der Waals surface area contributed by atoms with Gasteiger partial charge in [-0.15, -0.1) is 35.3 Å². The molecule has 1 aliphatic heterocycles. The van der Waals surface area contributed by atoms with E-state index in [2.05, 4.69) is 46.6 Å². The van der Waals surface area contributed by atoms with Crippen LogP contribution in [0.2, 0.25) is 0 Å². The van der Waals surface area contributed by atoms with Crippen molar-refractivity contribution in [1.82, 2.24) is 15.1 Å². The standard InChI is InChI=1S/C17H28N4OS2.HI/c1-17(2)13-21(9-11-24-17)16(19-12-15(22)20(3)4)18-8-7-14-6-5-10-23-14;/h5-6,10H,7-9,11-13H2,1-4H3,(H,18,19);1H. The number of rotatable bonds is 5. The van der Waals surface area contributed by atoms with Crippen LogP contribution in [-0.2, 0) is 11.2 Å². The lowest BCUT2D eigenvalue weighted by atomic mass is 10.2. The fourth-order valence-electron chi connectivity index (χ4n) is 2.50. The van der Waals surface area contributed by atoms with E-state index in [0.29, 0.717) is 0 Å². The molecule has 142 valence electrons. The summed E-state index contributed by atoms with van der Waals surface area (Å²) in [6.07, 6.45) is 0.976. The van der Waals surface area contributed by atoms with E-state index in [1.807, 2.05) is 11.8 Å². The maximum absolute atomic E-state index is 11.9. The average Bonchev–Trinajstić information content (AvgIpc) is 3.02. The van der Waals surface area contributed by atoms with Gasteiger partial charge in [0, 0.05) is 49.1 Å². The number of likely N-dealkylation sites (N-methyl/N-ethyl adjacent to an activating group) is 1. The lowest BCUT2D eigenvalue weighted by molar-refractivity contribution is -0.127. The Kier molecular flexibility index (Phi) is 9.58. The SMILES string of the molecule is CN(C)C(=O)CN=C(NCCc1cccs1)N1CCSC(C)(C)C1.I. The molecule has 0 radical (unpaired) electrons. The highest BCUT2D eigenvalue weighted by atomic mass is 127. The molecule has 25 heavy (non-hydrogen) atoms. The minimum absolute atomic E-state index is 0. The lowest BCUT2D eigenvalue weighted by Gasteiger charge is -2.39. The Bertz CT molecular complexity index is 561. The van der Waals surface area contributed by atoms with Gasteiger partial charge in [-0.05, 0) is 31.7 Å². The maximum Gasteiger partial charge on any atom is 0.243 e. The molecular weight excluding hydrogens is 467 g/mol. The minimum atomic E-state index is 0. The van der Waals surface area contributed by atoms with E-state index in [9.17, 15) is 4.79 Å². The van der Waals surface area contributed by atoms with E-state index in [0.717, 1.165) is 37.8 Å². The predicted octanol–water partition coefficient (Wildman–Crippen LogP) is 2.77. The van der Waals surface area contributed by atoms with Crippen molar-refractivity contribution in [1.29, 1.82) is 0 Å². The van der Waals surface area contributed by atoms with Crippen LogP contribution in [0.3, 0.4) is 0 Å². The molecule has 0 atom stereocenters. The summed E-state index contributed by atoms with van der Waals surface area (Å²) in [6.45, 7) is 7.46. The monoisotopic (exact) mass is 496 g/mol. The highest BCUT2D eigenvalue weighted by Gasteiger charge is 2.28. The minimum Gasteiger partial charge on any atom is -0.356 e. The molecule has 5 nitrogen and oxygen atoms in total. The van der Waals surface area contributed by atoms with Crippen molar-refractivity contribution in [2.75, 3.05) is 46.0 Å². The Labute approximate surface area is 176 Å². The number of nitrogens with one attached hydrogen (secondary N) is 1. The molecule has 0 aromatic carbocycles. The number of hydrogen-bond acceptors (Lipinski definition) is 4. The Hall–Kier alpha value is -0.480. The molecule has 1 aromatic rings. The van der Waals surface area contributed by atoms with Crippen LogP contribution in [0.4, 0.5) is 0 Å². The number of carbonyl (C=O) groups excluding carboxylic acids is 1. The maximum atomic E-state index is 11.9. The van der Waals surface area contributed by atoms with E-state index in [1.54, 1.807) is 30.3 Å². The molecule has 2 heterocycles. The average molecular weight is 496 g/mol. The second-order valence-corrected chi connectivity index (χ2v) is 9.55. The second kappa shape index (κ2) is 10.6. The summed E-state index contributed by atoms with van der Waals surface area (Å²) in [7, 11) is 3.53. The number of thioether (sulfide) groups is 1. The van der Waals surface area contributed by atoms with Gasteiger partial charge in [0.25, 0.3) is 0 Å². The summed E-state index contributed by atoms with van der Waals surface area (Å²) < 4.78 is 0.208. The Morgan fingerprint density at radius 1 is 1.44 bits per heavy atom. The summed E-state index contributed by atoms with van der Waals surface area (Å²) in [5.74, 6) is 1.97. The first kappa shape index (κ1) is 22.6. The summed E-state index contributed by atoms with van der Waals surface area (Å²) >= 11 is 3.77. The molecule has 0 unspecified atom stereocenters. The van der Waals surface area contributed by atoms with Crippen LogP contribution in [0.15, 0.2) is 22.5 Å². The van der Waals surface area contributed by atoms with Crippen LogP contribution >= 0.6 is 47.1 Å². The van der Waals surface area contributed by atoms with Gasteiger partial charge in [-0.1, -0.05) is 6.07 Å². The highest BCUT2D eigenvalue weighted by molar-refractivity contribution is 14.0. The summed E-state index contributed by atoms with van der Waals surface area (Å²) in [4.78, 5) is 21.7. The molecule has 8 heteroatoms. The third-order valence-corrected chi connectivity index (χ3v) is 6.06. The van der Waals surface area contributed by atoms with Crippen molar-refractivity contribution in [2.45, 2.75) is 25.0 Å². The number of hydrogen-bond donors (Lipinski definition) is 1. The van der Waals surface area contributed by atoms with Gasteiger partial charge in [-0.3, -0.25) is 4.79 Å². The van der Waals surface area contributed by atoms with Crippen molar-refractivity contribution in [3.63, 3.8) is 0 Å². The molecule has 0 spiro atoms. The summed E-state index contributed by atoms with van der Waals surface area (Å²) in [5.41, 5.74) is 0. The fourth-order valence-corrected chi connectivity index (χ4v) is 4.32. The number of guanidine groups is 1. The first-order valence-electron chi connectivity index (χ1n) is 8.27. The molecule has 1 N–H and O–H groups in total. The Morgan fingerprint density at radius 3 is 2.80 bits per heavy atom. The van der Waals surface area contributed by atoms with Crippen LogP contribution in [-0.4, -0.2) is 72.4 Å². The molecule has 1 fully saturated rings. The summed E-state index contributed by atoms with van der Waals surface area (Å²) in [5, 5.41) is 5.56. The number of halogens is 1. The van der Waals surface area contributed by atoms with Crippen molar-refractivity contribution in [3.8, 4) is 0 Å². The van der Waals surface area contributed by atoms with Crippen molar-refractivity contribution in [2.24, 2.45) is 4.99 Å². The normalized spacial score (nSPS) is 17.0. The molecule has 1 amide bonds. The van der Waals surface area contributed by atoms with Crippen LogP contribution in [0.1, 0.15) is 18.7 Å². The highest BCUT2D eigenvalue weighted by Crippen LogP contribution is 2.29. The molecule has 1 saturated heterocycles. The number of thiophene rings is 1. The third-order valence-electron chi connectivity index (χ3n) is 3.82. The van der Waals surface area contributed by atoms with Gasteiger partial charge in [0.05, 0.1) is 0 Å². The van der Waals surface area contributed by atoms with E-state index < -0.39 is 0 Å². The van der Waals surface area contributed by atoms with E-state index in [4.69, 9.17) is 0 Å². The molecule has 0 saturated carbocycles. The molecular formula is C17H29IN4OS2. The summed E-state index contributed by atoms with van der Waals surface area (Å²) in [6, 6.07) is 4.23. The first-order valence-corrected chi connectivity index (χ1v) is 10.1. The van der Waals surface area contributed by atoms with Crippen LogP contribution in [0, 0.1) is 0 Å². The van der Waals surface area contributed by atoms with Crippen LogP contribution in [0.5, 0.6) is 0 Å². The zero-order chi connectivity index (χ0) is 17.6. The topological polar surface area (TPSA) is 47.9 Å². The zero-order valence-corrected chi connectivity index (χ0v) is 19.4. The van der Waals surface area contributed by atoms with Gasteiger partial charge in [0.1, 0.15) is 6.54 Å². The number of aliphatic imine (C=N–C) groups is 1. The van der Waals surface area contributed by atoms with Crippen molar-refractivity contribution >= 4 is 58.9 Å². The van der Waals surface area contributed by atoms with Crippen LogP contribution in [0.25, 0.3) is 0 Å². The first-order chi connectivity index (χ1) is 11.4. The predicted molar refractivity (Wildman–Crippen MR) is 121 cm³/mol. The third kappa shape index (κ3) is 7.74. The molecule has 2 rings (SSSR count). The number of amides is 1. The number of carbonyl (C=O) groups is 1. The van der Waals surface area contributed by atoms with Crippen molar-refractivity contribution in [3.05, 3.63) is 22.4 Å². The van der Waals surface area contributed by atoms with E-state index >= 15 is 0 Å². The fraction of sp³-hybridized carbons (Fsp3) is 0.647. The van der Waals surface area contributed by atoms with Gasteiger partial charge < -0.3 is 15.1 Å². The lowest BCUT2D eigenvalue weighted by Crippen LogP contribution is -2.51. The zero-order valence-electron chi connectivity index (χ0n) is 15.4. The molecule has 1 aromatic heterocycles. The van der Waals surface area contributed by atoms with Crippen molar-refractivity contribution < 1.29 is 4.79 Å². The largest absolute Gasteiger partial charge is 0.356 e. The quantitative estimate of drug-likeness (QED) is 0.387. The smallest absolute Gasteiger partial charge is 0.243 e. The Morgan fingerprint density at radius 2 is 2.20 bits per heavy atom. The van der Waals surface area contributed by atoms with E-state index in [1.165, 1.54) is 4.88 Å². The van der Waals surface area contributed by atoms with Gasteiger partial charge in [-0.25, -0.2) is 4.99 Å². The van der Waals surface area contributed by atoms with Gasteiger partial charge >= 0.3 is 0 Å². The molecule has 0 aliphatic carbocycles.